The molecule has 39 heavy (non-hydrogen) atoms. The van der Waals surface area contributed by atoms with E-state index in [1.54, 1.807) is 20.3 Å². The van der Waals surface area contributed by atoms with Crippen molar-refractivity contribution in [2.75, 3.05) is 21.3 Å². The maximum atomic E-state index is 11.8. The van der Waals surface area contributed by atoms with Gasteiger partial charge in [-0.3, -0.25) is 9.97 Å². The smallest absolute Gasteiger partial charge is 0.339 e. The van der Waals surface area contributed by atoms with Gasteiger partial charge >= 0.3 is 11.9 Å². The van der Waals surface area contributed by atoms with Crippen LogP contribution in [0, 0.1) is 0 Å². The first-order valence-electron chi connectivity index (χ1n) is 11.6. The van der Waals surface area contributed by atoms with E-state index >= 15 is 0 Å². The number of hydrogen-bond donors (Lipinski definition) is 1. The number of rotatable bonds is 8. The lowest BCUT2D eigenvalue weighted by Crippen LogP contribution is -2.08. The Bertz CT molecular complexity index is 1460. The molecule has 0 unspecified atom stereocenters. The van der Waals surface area contributed by atoms with Crippen LogP contribution in [-0.4, -0.2) is 48.3 Å². The summed E-state index contributed by atoms with van der Waals surface area (Å²) in [6, 6.07) is 18.0. The summed E-state index contributed by atoms with van der Waals surface area (Å²) in [5.41, 5.74) is 3.51. The van der Waals surface area contributed by atoms with Crippen LogP contribution in [0.1, 0.15) is 43.2 Å². The highest BCUT2D eigenvalue weighted by atomic mass is 35.5. The fourth-order valence-electron chi connectivity index (χ4n) is 3.64. The van der Waals surface area contributed by atoms with Crippen LogP contribution in [0.4, 0.5) is 0 Å². The quantitative estimate of drug-likeness (QED) is 0.252. The molecule has 0 radical (unpaired) electrons. The summed E-state index contributed by atoms with van der Waals surface area (Å²) in [7, 11) is 4.53. The lowest BCUT2D eigenvalue weighted by atomic mass is 10.0. The monoisotopic (exact) mass is 568 g/mol. The minimum Gasteiger partial charge on any atom is -0.497 e. The van der Waals surface area contributed by atoms with Gasteiger partial charge in [-0.2, -0.15) is 0 Å². The number of carbonyl (C=O) groups is 2. The van der Waals surface area contributed by atoms with Crippen LogP contribution in [0.2, 0.25) is 10.0 Å². The number of pyridine rings is 2. The number of carboxylic acid groups (broad SMARTS) is 1. The minimum absolute atomic E-state index is 0.121. The van der Waals surface area contributed by atoms with Crippen molar-refractivity contribution < 1.29 is 28.9 Å². The molecule has 4 aromatic rings. The molecule has 0 aliphatic carbocycles. The summed E-state index contributed by atoms with van der Waals surface area (Å²) in [5, 5.41) is 9.86. The molecule has 8 nitrogen and oxygen atoms in total. The molecule has 2 aromatic carbocycles. The Morgan fingerprint density at radius 2 is 1.21 bits per heavy atom. The molecule has 0 saturated carbocycles. The van der Waals surface area contributed by atoms with Crippen LogP contribution in [0.3, 0.4) is 0 Å². The second kappa shape index (κ2) is 14.1. The van der Waals surface area contributed by atoms with Gasteiger partial charge in [-0.15, -0.1) is 0 Å². The zero-order chi connectivity index (χ0) is 28.4. The van der Waals surface area contributed by atoms with E-state index in [4.69, 9.17) is 42.5 Å². The van der Waals surface area contributed by atoms with Crippen LogP contribution < -0.4 is 9.47 Å². The van der Waals surface area contributed by atoms with E-state index in [1.165, 1.54) is 25.6 Å². The van der Waals surface area contributed by atoms with Gasteiger partial charge in [-0.25, -0.2) is 9.59 Å². The predicted molar refractivity (Wildman–Crippen MR) is 148 cm³/mol. The van der Waals surface area contributed by atoms with Gasteiger partial charge in [0.25, 0.3) is 0 Å². The minimum atomic E-state index is -1.03. The van der Waals surface area contributed by atoms with Gasteiger partial charge in [0.15, 0.2) is 0 Å². The topological polar surface area (TPSA) is 108 Å². The van der Waals surface area contributed by atoms with Gasteiger partial charge in [0.05, 0.1) is 53.9 Å². The molecule has 0 atom stereocenters. The number of nitrogens with zero attached hydrogens (tertiary/aromatic N) is 2. The standard InChI is InChI=1S/C15H14ClNO3.C14H12ClNO3/c1-19-12-5-3-4-10(6-12)7-14-13(15(18)20-2)8-11(16)9-17-14;1-19-11-4-2-3-9(5-11)6-13-12(14(17)18)7-10(15)8-16-13/h3-6,8-9H,7H2,1-2H3;2-5,7-8H,6H2,1H3,(H,17,18). The van der Waals surface area contributed by atoms with Crippen molar-refractivity contribution >= 4 is 35.1 Å². The van der Waals surface area contributed by atoms with Crippen LogP contribution in [0.25, 0.3) is 0 Å². The van der Waals surface area contributed by atoms with Crippen molar-refractivity contribution in [1.29, 1.82) is 0 Å². The van der Waals surface area contributed by atoms with E-state index < -0.39 is 11.9 Å². The van der Waals surface area contributed by atoms with E-state index in [9.17, 15) is 9.59 Å². The molecule has 4 rings (SSSR count). The summed E-state index contributed by atoms with van der Waals surface area (Å²) in [6.45, 7) is 0. The van der Waals surface area contributed by atoms with Crippen molar-refractivity contribution in [3.05, 3.63) is 117 Å². The summed E-state index contributed by atoms with van der Waals surface area (Å²) >= 11 is 11.6. The number of esters is 1. The molecule has 0 amide bonds. The molecular formula is C29H26Cl2N2O6. The molecular weight excluding hydrogens is 543 g/mol. The highest BCUT2D eigenvalue weighted by Gasteiger charge is 2.15. The van der Waals surface area contributed by atoms with Gasteiger partial charge in [-0.05, 0) is 47.5 Å². The largest absolute Gasteiger partial charge is 0.497 e. The van der Waals surface area contributed by atoms with Crippen LogP contribution in [0.5, 0.6) is 11.5 Å². The second-order valence-electron chi connectivity index (χ2n) is 8.15. The van der Waals surface area contributed by atoms with Crippen molar-refractivity contribution in [3.63, 3.8) is 0 Å². The van der Waals surface area contributed by atoms with Crippen molar-refractivity contribution in [1.82, 2.24) is 9.97 Å². The average Bonchev–Trinajstić information content (AvgIpc) is 2.95. The molecule has 0 saturated heterocycles. The Morgan fingerprint density at radius 3 is 1.64 bits per heavy atom. The van der Waals surface area contributed by atoms with Crippen LogP contribution in [0.15, 0.2) is 73.1 Å². The van der Waals surface area contributed by atoms with Gasteiger partial charge < -0.3 is 19.3 Å². The third kappa shape index (κ3) is 8.43. The van der Waals surface area contributed by atoms with Gasteiger partial charge in [0, 0.05) is 25.2 Å². The normalized spacial score (nSPS) is 10.2. The summed E-state index contributed by atoms with van der Waals surface area (Å²) in [6.07, 6.45) is 3.88. The Labute approximate surface area is 236 Å². The Hall–Kier alpha value is -4.14. The average molecular weight is 569 g/mol. The molecule has 10 heteroatoms. The molecule has 0 aliphatic heterocycles. The maximum Gasteiger partial charge on any atom is 0.339 e. The fourth-order valence-corrected chi connectivity index (χ4v) is 3.96. The van der Waals surface area contributed by atoms with E-state index in [0.29, 0.717) is 39.8 Å². The van der Waals surface area contributed by atoms with Crippen molar-refractivity contribution in [2.24, 2.45) is 0 Å². The third-order valence-electron chi connectivity index (χ3n) is 5.52. The first-order chi connectivity index (χ1) is 18.7. The summed E-state index contributed by atoms with van der Waals surface area (Å²) in [5.74, 6) is 0.00483. The number of halogens is 2. The molecule has 0 aliphatic rings. The number of methoxy groups -OCH3 is 3. The number of carboxylic acids is 1. The lowest BCUT2D eigenvalue weighted by Gasteiger charge is -2.08. The molecule has 202 valence electrons. The number of ether oxygens (including phenoxy) is 3. The Morgan fingerprint density at radius 1 is 0.744 bits per heavy atom. The first kappa shape index (κ1) is 29.4. The summed E-state index contributed by atoms with van der Waals surface area (Å²) < 4.78 is 15.1. The lowest BCUT2D eigenvalue weighted by molar-refractivity contribution is 0.0598. The van der Waals surface area contributed by atoms with Crippen molar-refractivity contribution in [3.8, 4) is 11.5 Å². The molecule has 2 aromatic heterocycles. The zero-order valence-electron chi connectivity index (χ0n) is 21.5. The second-order valence-corrected chi connectivity index (χ2v) is 9.02. The highest BCUT2D eigenvalue weighted by molar-refractivity contribution is 6.31. The molecule has 0 fully saturated rings. The number of aromatic carboxylic acids is 1. The number of benzene rings is 2. The summed E-state index contributed by atoms with van der Waals surface area (Å²) in [4.78, 5) is 31.2. The highest BCUT2D eigenvalue weighted by Crippen LogP contribution is 2.21. The van der Waals surface area contributed by atoms with Gasteiger partial charge in [0.1, 0.15) is 11.5 Å². The van der Waals surface area contributed by atoms with E-state index in [-0.39, 0.29) is 5.56 Å². The maximum absolute atomic E-state index is 11.8. The Kier molecular flexibility index (Phi) is 10.7. The first-order valence-corrected chi connectivity index (χ1v) is 12.4. The van der Waals surface area contributed by atoms with E-state index in [1.807, 2.05) is 48.5 Å². The fraction of sp³-hybridized carbons (Fsp3) is 0.172. The van der Waals surface area contributed by atoms with Gasteiger partial charge in [0.2, 0.25) is 0 Å². The Balaban J connectivity index is 0.000000216. The van der Waals surface area contributed by atoms with Crippen molar-refractivity contribution in [2.45, 2.75) is 12.8 Å². The van der Waals surface area contributed by atoms with Crippen LogP contribution in [-0.2, 0) is 17.6 Å². The van der Waals surface area contributed by atoms with E-state index in [2.05, 4.69) is 9.97 Å². The molecule has 1 N–H and O–H groups in total. The SMILES string of the molecule is COC(=O)c1cc(Cl)cnc1Cc1cccc(OC)c1.COc1cccc(Cc2ncc(Cl)cc2C(=O)O)c1. The third-order valence-corrected chi connectivity index (χ3v) is 5.93. The van der Waals surface area contributed by atoms with Crippen LogP contribution >= 0.6 is 23.2 Å². The number of carbonyl (C=O) groups excluding carboxylic acids is 1. The molecule has 0 spiro atoms. The molecule has 2 heterocycles. The van der Waals surface area contributed by atoms with E-state index in [0.717, 1.165) is 22.6 Å². The van der Waals surface area contributed by atoms with Gasteiger partial charge in [-0.1, -0.05) is 47.5 Å². The zero-order valence-corrected chi connectivity index (χ0v) is 23.0. The number of hydrogen-bond acceptors (Lipinski definition) is 7. The number of aromatic nitrogens is 2. The molecule has 0 bridgehead atoms. The predicted octanol–water partition coefficient (Wildman–Crippen LogP) is 6.15.